The molecule has 0 amide bonds. The Morgan fingerprint density at radius 3 is 2.60 bits per heavy atom. The quantitative estimate of drug-likeness (QED) is 0.573. The number of carbonyl (C=O) groups is 1. The van der Waals surface area contributed by atoms with E-state index < -0.39 is 5.97 Å². The molecule has 1 rings (SSSR count). The van der Waals surface area contributed by atoms with Crippen molar-refractivity contribution < 1.29 is 12.8 Å². The van der Waals surface area contributed by atoms with Crippen LogP contribution in [-0.2, 0) is 0 Å². The summed E-state index contributed by atoms with van der Waals surface area (Å²) in [5, 5.41) is 8.28. The molecule has 0 saturated heterocycles. The molecule has 0 saturated carbocycles. The fraction of sp³-hybridized carbons (Fsp3) is 0. The molecule has 0 spiro atoms. The molecule has 0 aliphatic heterocycles. The third-order valence-electron chi connectivity index (χ3n) is 0.782. The number of nitrogens with zero attached hydrogens (tertiary/aromatic N) is 2. The number of hydrogen-bond donors (Lipinski definition) is 1. The van der Waals surface area contributed by atoms with Crippen LogP contribution in [-0.4, -0.2) is 44.1 Å². The van der Waals surface area contributed by atoms with Crippen LogP contribution in [0.4, 0.5) is 0 Å². The van der Waals surface area contributed by atoms with E-state index in [1.165, 1.54) is 18.6 Å². The molecule has 0 atom stereocenters. The zero-order valence-electron chi connectivity index (χ0n) is 7.19. The number of rotatable bonds is 1. The van der Waals surface area contributed by atoms with Crippen molar-refractivity contribution >= 4 is 29.0 Å². The van der Waals surface area contributed by atoms with Crippen molar-refractivity contribution in [1.82, 2.24) is 9.97 Å². The fourth-order valence-corrected chi connectivity index (χ4v) is 0.410. The van der Waals surface area contributed by atoms with E-state index in [1.807, 2.05) is 0 Å². The number of carboxylic acids is 1. The number of hydrogen-bond acceptors (Lipinski definition) is 3. The largest absolute Gasteiger partial charge is 2.00 e. The zero-order valence-corrected chi connectivity index (χ0v) is 6.60. The predicted molar refractivity (Wildman–Crippen MR) is 37.0 cm³/mol. The van der Waals surface area contributed by atoms with E-state index in [1.54, 1.807) is 0 Å². The molecule has 50 valence electrons. The summed E-state index contributed by atoms with van der Waals surface area (Å²) >= 11 is 0. The molecule has 0 bridgehead atoms. The van der Waals surface area contributed by atoms with Gasteiger partial charge in [0.05, 0.1) is 6.20 Å². The molecule has 0 aromatic carbocycles. The van der Waals surface area contributed by atoms with Gasteiger partial charge in [-0.3, -0.25) is 4.98 Å². The monoisotopic (exact) mass is 150 g/mol. The topological polar surface area (TPSA) is 63.1 Å². The van der Waals surface area contributed by atoms with Gasteiger partial charge in [-0.15, -0.1) is 0 Å². The molecular formula is C5H6MgN2O2. The minimum Gasteiger partial charge on any atom is -1.00 e. The average molecular weight is 150 g/mol. The van der Waals surface area contributed by atoms with Crippen LogP contribution < -0.4 is 0 Å². The van der Waals surface area contributed by atoms with E-state index >= 15 is 0 Å². The summed E-state index contributed by atoms with van der Waals surface area (Å²) in [5.41, 5.74) is -0.0301. The van der Waals surface area contributed by atoms with E-state index in [9.17, 15) is 4.79 Å². The first kappa shape index (κ1) is 9.32. The summed E-state index contributed by atoms with van der Waals surface area (Å²) in [6, 6.07) is 0. The number of aromatic carboxylic acids is 1. The summed E-state index contributed by atoms with van der Waals surface area (Å²) in [6.45, 7) is 0. The van der Waals surface area contributed by atoms with Gasteiger partial charge in [-0.1, -0.05) is 0 Å². The molecule has 0 fully saturated rings. The minimum absolute atomic E-state index is 0. The van der Waals surface area contributed by atoms with Crippen LogP contribution in [0.2, 0.25) is 0 Å². The van der Waals surface area contributed by atoms with Crippen LogP contribution in [0, 0.1) is 0 Å². The molecule has 1 heterocycles. The van der Waals surface area contributed by atoms with Gasteiger partial charge in [-0.2, -0.15) is 0 Å². The molecule has 1 aromatic heterocycles. The minimum atomic E-state index is -1.05. The van der Waals surface area contributed by atoms with Gasteiger partial charge in [-0.25, -0.2) is 9.78 Å². The fourth-order valence-electron chi connectivity index (χ4n) is 0.410. The van der Waals surface area contributed by atoms with Gasteiger partial charge in [0, 0.05) is 12.4 Å². The normalized spacial score (nSPS) is 8.00. The maximum absolute atomic E-state index is 10.1. The maximum Gasteiger partial charge on any atom is 2.00 e. The van der Waals surface area contributed by atoms with E-state index in [-0.39, 0.29) is 31.6 Å². The second kappa shape index (κ2) is 4.18. The first-order chi connectivity index (χ1) is 4.30. The molecule has 4 nitrogen and oxygen atoms in total. The Morgan fingerprint density at radius 1 is 1.60 bits per heavy atom. The van der Waals surface area contributed by atoms with Gasteiger partial charge in [0.1, 0.15) is 0 Å². The van der Waals surface area contributed by atoms with Crippen molar-refractivity contribution in [2.24, 2.45) is 0 Å². The summed E-state index contributed by atoms with van der Waals surface area (Å²) in [6.07, 6.45) is 3.96. The third-order valence-corrected chi connectivity index (χ3v) is 0.782. The zero-order chi connectivity index (χ0) is 6.69. The van der Waals surface area contributed by atoms with Crippen molar-refractivity contribution in [3.63, 3.8) is 0 Å². The Hall–Kier alpha value is -0.684. The SMILES string of the molecule is O=C(O)c1cnccn1.[H-].[H-].[Mg+2]. The molecule has 10 heavy (non-hydrogen) atoms. The van der Waals surface area contributed by atoms with Gasteiger partial charge in [0.25, 0.3) is 0 Å². The van der Waals surface area contributed by atoms with E-state index in [4.69, 9.17) is 5.11 Å². The van der Waals surface area contributed by atoms with Crippen molar-refractivity contribution in [3.8, 4) is 0 Å². The van der Waals surface area contributed by atoms with Crippen molar-refractivity contribution in [2.45, 2.75) is 0 Å². The van der Waals surface area contributed by atoms with Crippen molar-refractivity contribution in [2.75, 3.05) is 0 Å². The predicted octanol–water partition coefficient (Wildman–Crippen LogP) is 0.0190. The molecule has 0 aliphatic rings. The third kappa shape index (κ3) is 2.28. The van der Waals surface area contributed by atoms with Crippen molar-refractivity contribution in [1.29, 1.82) is 0 Å². The van der Waals surface area contributed by atoms with Crippen LogP contribution in [0.15, 0.2) is 18.6 Å². The Bertz CT molecular complexity index is 222. The van der Waals surface area contributed by atoms with Gasteiger partial charge in [-0.05, 0) is 0 Å². The van der Waals surface area contributed by atoms with Gasteiger partial charge in [0.2, 0.25) is 0 Å². The molecule has 0 radical (unpaired) electrons. The Morgan fingerprint density at radius 2 is 2.30 bits per heavy atom. The second-order valence-electron chi connectivity index (χ2n) is 1.40. The Balaban J connectivity index is -0.000000270. The van der Waals surface area contributed by atoms with Crippen LogP contribution in [0.1, 0.15) is 13.3 Å². The molecule has 0 unspecified atom stereocenters. The van der Waals surface area contributed by atoms with Crippen LogP contribution in [0.25, 0.3) is 0 Å². The summed E-state index contributed by atoms with van der Waals surface area (Å²) in [5.74, 6) is -1.05. The Kier molecular flexibility index (Phi) is 3.90. The van der Waals surface area contributed by atoms with Gasteiger partial charge in [0.15, 0.2) is 5.69 Å². The Labute approximate surface area is 76.4 Å². The summed E-state index contributed by atoms with van der Waals surface area (Å²) in [7, 11) is 0. The van der Waals surface area contributed by atoms with E-state index in [0.29, 0.717) is 0 Å². The van der Waals surface area contributed by atoms with Gasteiger partial charge >= 0.3 is 29.0 Å². The summed E-state index contributed by atoms with van der Waals surface area (Å²) < 4.78 is 0. The number of carboxylic acid groups (broad SMARTS) is 1. The van der Waals surface area contributed by atoms with Crippen molar-refractivity contribution in [3.05, 3.63) is 24.3 Å². The molecule has 0 aliphatic carbocycles. The average Bonchev–Trinajstić information content (AvgIpc) is 1.90. The first-order valence-corrected chi connectivity index (χ1v) is 2.30. The molecule has 5 heteroatoms. The van der Waals surface area contributed by atoms with E-state index in [2.05, 4.69) is 9.97 Å². The molecular weight excluding hydrogens is 144 g/mol. The van der Waals surface area contributed by atoms with Gasteiger partial charge < -0.3 is 7.96 Å². The smallest absolute Gasteiger partial charge is 1.00 e. The molecule has 1 N–H and O–H groups in total. The first-order valence-electron chi connectivity index (χ1n) is 2.30. The standard InChI is InChI=1S/C5H4N2O2.Mg.2H/c8-5(9)4-3-6-1-2-7-4;;;/h1-3H,(H,8,9);;;/q;+2;2*-1. The second-order valence-corrected chi connectivity index (χ2v) is 1.40. The van der Waals surface area contributed by atoms with E-state index in [0.717, 1.165) is 0 Å². The maximum atomic E-state index is 10.1. The van der Waals surface area contributed by atoms with Crippen LogP contribution >= 0.6 is 0 Å². The van der Waals surface area contributed by atoms with Crippen LogP contribution in [0.5, 0.6) is 0 Å². The number of aromatic nitrogens is 2. The summed E-state index contributed by atoms with van der Waals surface area (Å²) in [4.78, 5) is 17.2. The molecule has 1 aromatic rings. The van der Waals surface area contributed by atoms with Crippen LogP contribution in [0.3, 0.4) is 0 Å².